The van der Waals surface area contributed by atoms with Crippen molar-refractivity contribution in [3.63, 3.8) is 0 Å². The van der Waals surface area contributed by atoms with Crippen LogP contribution in [0.2, 0.25) is 0 Å². The van der Waals surface area contributed by atoms with E-state index >= 15 is 0 Å². The van der Waals surface area contributed by atoms with Crippen LogP contribution in [0.5, 0.6) is 0 Å². The van der Waals surface area contributed by atoms with E-state index in [1.54, 1.807) is 12.4 Å². The molecular formula is C22H27F3N4O3. The van der Waals surface area contributed by atoms with E-state index < -0.39 is 12.1 Å². The first kappa shape index (κ1) is 22.7. The molecule has 32 heavy (non-hydrogen) atoms. The largest absolute Gasteiger partial charge is 0.490 e. The van der Waals surface area contributed by atoms with Gasteiger partial charge in [0.05, 0.1) is 6.04 Å². The predicted octanol–water partition coefficient (Wildman–Crippen LogP) is 4.10. The smallest absolute Gasteiger partial charge is 0.475 e. The van der Waals surface area contributed by atoms with Gasteiger partial charge < -0.3 is 15.4 Å². The van der Waals surface area contributed by atoms with Crippen LogP contribution >= 0.6 is 0 Å². The molecule has 10 heteroatoms. The lowest BCUT2D eigenvalue weighted by molar-refractivity contribution is -0.192. The van der Waals surface area contributed by atoms with Gasteiger partial charge >= 0.3 is 12.1 Å². The van der Waals surface area contributed by atoms with Crippen molar-refractivity contribution < 1.29 is 27.6 Å². The minimum absolute atomic E-state index is 0.250. The van der Waals surface area contributed by atoms with Gasteiger partial charge in [0, 0.05) is 18.8 Å². The Morgan fingerprint density at radius 1 is 1.16 bits per heavy atom. The molecule has 4 fully saturated rings. The van der Waals surface area contributed by atoms with Crippen LogP contribution < -0.4 is 5.73 Å². The van der Waals surface area contributed by atoms with Gasteiger partial charge in [-0.1, -0.05) is 5.16 Å². The van der Waals surface area contributed by atoms with Crippen LogP contribution in [0.3, 0.4) is 0 Å². The third-order valence-corrected chi connectivity index (χ3v) is 6.95. The van der Waals surface area contributed by atoms with Gasteiger partial charge in [0.2, 0.25) is 5.89 Å². The standard InChI is InChI=1S/C20H26N4O.C2HF3O2/c21-17(8-13-1-3-22-4-2-13)19-23-18(24-25-19)12-20-9-14-5-15(10-20)7-16(6-14)11-20;3-2(4,5)1(6)7/h1-4,14-17H,5-12,21H2;(H,6,7). The summed E-state index contributed by atoms with van der Waals surface area (Å²) in [5.74, 6) is 1.52. The summed E-state index contributed by atoms with van der Waals surface area (Å²) >= 11 is 0. The summed E-state index contributed by atoms with van der Waals surface area (Å²) in [7, 11) is 0. The third-order valence-electron chi connectivity index (χ3n) is 6.95. The lowest BCUT2D eigenvalue weighted by Crippen LogP contribution is -2.47. The number of carboxylic acids is 1. The Bertz CT molecular complexity index is 897. The second kappa shape index (κ2) is 8.80. The lowest BCUT2D eigenvalue weighted by atomic mass is 9.49. The second-order valence-corrected chi connectivity index (χ2v) is 9.61. The molecule has 0 saturated heterocycles. The Kier molecular flexibility index (Phi) is 6.24. The molecule has 0 aromatic carbocycles. The van der Waals surface area contributed by atoms with Crippen LogP contribution in [0.4, 0.5) is 13.2 Å². The normalized spacial score (nSPS) is 29.3. The molecule has 0 spiro atoms. The highest BCUT2D eigenvalue weighted by atomic mass is 19.4. The fraction of sp³-hybridized carbons (Fsp3) is 0.636. The Hall–Kier alpha value is -2.49. The molecule has 2 aromatic rings. The molecule has 4 bridgehead atoms. The van der Waals surface area contributed by atoms with E-state index in [2.05, 4.69) is 15.1 Å². The SMILES string of the molecule is NC(Cc1ccncc1)c1nc(CC23CC4CC(CC(C4)C2)C3)no1.O=C(O)C(F)(F)F. The number of halogens is 3. The fourth-order valence-corrected chi connectivity index (χ4v) is 6.19. The zero-order valence-corrected chi connectivity index (χ0v) is 17.6. The number of pyridine rings is 1. The Labute approximate surface area is 183 Å². The molecule has 2 heterocycles. The molecule has 7 nitrogen and oxygen atoms in total. The summed E-state index contributed by atoms with van der Waals surface area (Å²) < 4.78 is 37.2. The summed E-state index contributed by atoms with van der Waals surface area (Å²) in [4.78, 5) is 17.6. The summed E-state index contributed by atoms with van der Waals surface area (Å²) in [5.41, 5.74) is 7.86. The number of aromatic nitrogens is 3. The maximum Gasteiger partial charge on any atom is 0.490 e. The van der Waals surface area contributed by atoms with Crippen LogP contribution in [-0.2, 0) is 17.6 Å². The Morgan fingerprint density at radius 2 is 1.69 bits per heavy atom. The molecular weight excluding hydrogens is 425 g/mol. The third kappa shape index (κ3) is 5.28. The molecule has 0 radical (unpaired) electrons. The van der Waals surface area contributed by atoms with Crippen molar-refractivity contribution in [1.29, 1.82) is 0 Å². The van der Waals surface area contributed by atoms with Gasteiger partial charge in [-0.15, -0.1) is 0 Å². The zero-order chi connectivity index (χ0) is 22.9. The highest BCUT2D eigenvalue weighted by Gasteiger charge is 2.51. The van der Waals surface area contributed by atoms with Crippen molar-refractivity contribution in [3.05, 3.63) is 41.8 Å². The van der Waals surface area contributed by atoms with E-state index in [4.69, 9.17) is 20.2 Å². The predicted molar refractivity (Wildman–Crippen MR) is 107 cm³/mol. The molecule has 174 valence electrons. The summed E-state index contributed by atoms with van der Waals surface area (Å²) in [5, 5.41) is 11.4. The highest BCUT2D eigenvalue weighted by molar-refractivity contribution is 5.73. The topological polar surface area (TPSA) is 115 Å². The number of hydrogen-bond acceptors (Lipinski definition) is 6. The average molecular weight is 452 g/mol. The van der Waals surface area contributed by atoms with Crippen LogP contribution in [0.25, 0.3) is 0 Å². The van der Waals surface area contributed by atoms with E-state index in [-0.39, 0.29) is 6.04 Å². The van der Waals surface area contributed by atoms with Crippen LogP contribution in [0.15, 0.2) is 29.0 Å². The monoisotopic (exact) mass is 452 g/mol. The van der Waals surface area contributed by atoms with Gasteiger partial charge in [-0.05, 0) is 85.8 Å². The molecule has 0 amide bonds. The van der Waals surface area contributed by atoms with E-state index in [1.165, 1.54) is 38.5 Å². The molecule has 4 saturated carbocycles. The van der Waals surface area contributed by atoms with Crippen LogP contribution in [0.1, 0.15) is 61.8 Å². The van der Waals surface area contributed by atoms with Crippen LogP contribution in [0, 0.1) is 23.2 Å². The zero-order valence-electron chi connectivity index (χ0n) is 17.6. The molecule has 1 unspecified atom stereocenters. The maximum absolute atomic E-state index is 10.6. The number of aliphatic carboxylic acids is 1. The van der Waals surface area contributed by atoms with E-state index in [0.717, 1.165) is 35.6 Å². The van der Waals surface area contributed by atoms with Gasteiger partial charge in [-0.2, -0.15) is 18.2 Å². The molecule has 1 atom stereocenters. The molecule has 6 rings (SSSR count). The van der Waals surface area contributed by atoms with Gasteiger partial charge in [0.1, 0.15) is 0 Å². The van der Waals surface area contributed by atoms with Crippen molar-refractivity contribution in [1.82, 2.24) is 15.1 Å². The van der Waals surface area contributed by atoms with Gasteiger partial charge in [-0.25, -0.2) is 4.79 Å². The Balaban J connectivity index is 0.000000307. The number of alkyl halides is 3. The van der Waals surface area contributed by atoms with E-state index in [1.807, 2.05) is 12.1 Å². The number of hydrogen-bond donors (Lipinski definition) is 2. The van der Waals surface area contributed by atoms with E-state index in [9.17, 15) is 13.2 Å². The molecule has 4 aliphatic rings. The number of nitrogens with two attached hydrogens (primary N) is 1. The first-order chi connectivity index (χ1) is 15.1. The van der Waals surface area contributed by atoms with Gasteiger partial charge in [0.15, 0.2) is 5.82 Å². The summed E-state index contributed by atoms with van der Waals surface area (Å²) in [6.07, 6.45) is 8.66. The van der Waals surface area contributed by atoms with Gasteiger partial charge in [0.25, 0.3) is 0 Å². The quantitative estimate of drug-likeness (QED) is 0.702. The van der Waals surface area contributed by atoms with Crippen molar-refractivity contribution in [3.8, 4) is 0 Å². The summed E-state index contributed by atoms with van der Waals surface area (Å²) in [6.45, 7) is 0. The molecule has 4 aliphatic carbocycles. The van der Waals surface area contributed by atoms with Crippen molar-refractivity contribution in [2.75, 3.05) is 0 Å². The minimum Gasteiger partial charge on any atom is -0.475 e. The molecule has 3 N–H and O–H groups in total. The van der Waals surface area contributed by atoms with Gasteiger partial charge in [-0.3, -0.25) is 4.98 Å². The van der Waals surface area contributed by atoms with Crippen LogP contribution in [-0.4, -0.2) is 32.4 Å². The number of carbonyl (C=O) groups is 1. The first-order valence-corrected chi connectivity index (χ1v) is 10.9. The van der Waals surface area contributed by atoms with Crippen molar-refractivity contribution >= 4 is 5.97 Å². The van der Waals surface area contributed by atoms with E-state index in [0.29, 0.717) is 17.7 Å². The second-order valence-electron chi connectivity index (χ2n) is 9.61. The number of nitrogens with zero attached hydrogens (tertiary/aromatic N) is 3. The average Bonchev–Trinajstić information content (AvgIpc) is 3.15. The maximum atomic E-state index is 10.6. The summed E-state index contributed by atoms with van der Waals surface area (Å²) in [6, 6.07) is 3.71. The number of rotatable bonds is 5. The Morgan fingerprint density at radius 3 is 2.19 bits per heavy atom. The van der Waals surface area contributed by atoms with Crippen molar-refractivity contribution in [2.24, 2.45) is 28.9 Å². The van der Waals surface area contributed by atoms with Crippen molar-refractivity contribution in [2.45, 2.75) is 63.6 Å². The number of carboxylic acid groups (broad SMARTS) is 1. The molecule has 0 aliphatic heterocycles. The minimum atomic E-state index is -5.08. The lowest BCUT2D eigenvalue weighted by Gasteiger charge is -2.56. The molecule has 2 aromatic heterocycles. The fourth-order valence-electron chi connectivity index (χ4n) is 6.19. The highest BCUT2D eigenvalue weighted by Crippen LogP contribution is 2.60. The first-order valence-electron chi connectivity index (χ1n) is 10.9.